The normalized spacial score (nSPS) is 14.2. The van der Waals surface area contributed by atoms with E-state index in [1.165, 1.54) is 21.2 Å². The first kappa shape index (κ1) is 42.8. The van der Waals surface area contributed by atoms with Crippen molar-refractivity contribution in [3.8, 4) is 0 Å². The molecule has 0 saturated carbocycles. The summed E-state index contributed by atoms with van der Waals surface area (Å²) in [7, 11) is -6.10. The lowest BCUT2D eigenvalue weighted by Crippen LogP contribution is -2.58. The third kappa shape index (κ3) is 9.84. The van der Waals surface area contributed by atoms with Crippen molar-refractivity contribution in [1.29, 1.82) is 0 Å². The molecule has 0 aromatic heterocycles. The second-order valence-corrected chi connectivity index (χ2v) is 31.8. The van der Waals surface area contributed by atoms with E-state index in [2.05, 4.69) is 204 Å². The molecule has 52 heavy (non-hydrogen) atoms. The molecule has 0 aliphatic heterocycles. The molecule has 0 N–H and O–H groups in total. The number of hydrogen-bond acceptors (Lipinski definition) is 2. The Balaban J connectivity index is 2.03. The summed E-state index contributed by atoms with van der Waals surface area (Å²) < 4.78 is 16.4. The second-order valence-electron chi connectivity index (χ2n) is 16.5. The van der Waals surface area contributed by atoms with Crippen LogP contribution in [0.4, 0.5) is 0 Å². The molecule has 0 radical (unpaired) electrons. The molecule has 4 rings (SSSR count). The van der Waals surface area contributed by atoms with Gasteiger partial charge in [-0.2, -0.15) is 0 Å². The predicted molar refractivity (Wildman–Crippen MR) is 240 cm³/mol. The van der Waals surface area contributed by atoms with E-state index in [4.69, 9.17) is 8.85 Å². The summed E-state index contributed by atoms with van der Waals surface area (Å²) in [5, 5.41) is 5.65. The second kappa shape index (κ2) is 19.6. The molecule has 0 spiro atoms. The van der Waals surface area contributed by atoms with Gasteiger partial charge >= 0.3 is 0 Å². The van der Waals surface area contributed by atoms with Crippen molar-refractivity contribution < 1.29 is 8.85 Å². The van der Waals surface area contributed by atoms with E-state index in [-0.39, 0.29) is 12.2 Å². The number of hydrogen-bond donors (Lipinski definition) is 0. The molecule has 0 aliphatic carbocycles. The van der Waals surface area contributed by atoms with Crippen LogP contribution < -0.4 is 21.2 Å². The zero-order valence-electron chi connectivity index (χ0n) is 34.3. The molecule has 0 aliphatic rings. The molecule has 6 heteroatoms. The average molecular weight is 771 g/mol. The minimum atomic E-state index is -2.34. The van der Waals surface area contributed by atoms with Crippen molar-refractivity contribution in [2.75, 3.05) is 12.3 Å². The summed E-state index contributed by atoms with van der Waals surface area (Å²) in [6.07, 6.45) is 1.79. The Bertz CT molecular complexity index is 1340. The fourth-order valence-electron chi connectivity index (χ4n) is 9.31. The van der Waals surface area contributed by atoms with Gasteiger partial charge in [0.15, 0.2) is 0 Å². The van der Waals surface area contributed by atoms with Crippen LogP contribution in [-0.4, -0.2) is 41.2 Å². The van der Waals surface area contributed by atoms with Gasteiger partial charge in [0, 0.05) is 12.3 Å². The maximum atomic E-state index is 8.18. The Hall–Kier alpha value is -1.91. The van der Waals surface area contributed by atoms with Gasteiger partial charge in [0.05, 0.1) is 12.2 Å². The molecule has 282 valence electrons. The molecule has 4 aromatic rings. The minimum Gasteiger partial charge on any atom is -0.410 e. The van der Waals surface area contributed by atoms with Crippen molar-refractivity contribution in [2.45, 2.75) is 129 Å². The van der Waals surface area contributed by atoms with E-state index in [1.54, 1.807) is 0 Å². The highest BCUT2D eigenvalue weighted by molar-refractivity contribution is 7.73. The van der Waals surface area contributed by atoms with E-state index in [0.29, 0.717) is 33.2 Å². The quantitative estimate of drug-likeness (QED) is 0.0698. The molecular weight excluding hydrogens is 703 g/mol. The van der Waals surface area contributed by atoms with E-state index in [1.807, 2.05) is 0 Å². The number of rotatable bonds is 19. The lowest BCUT2D eigenvalue weighted by atomic mass is 10.2. The first-order valence-electron chi connectivity index (χ1n) is 19.9. The summed E-state index contributed by atoms with van der Waals surface area (Å²) in [4.78, 5) is 0. The summed E-state index contributed by atoms with van der Waals surface area (Å²) in [5.74, 6) is 0. The Labute approximate surface area is 323 Å². The fraction of sp³-hybridized carbons (Fsp3) is 0.478. The van der Waals surface area contributed by atoms with Crippen LogP contribution >= 0.6 is 15.8 Å². The zero-order valence-corrected chi connectivity index (χ0v) is 38.1. The van der Waals surface area contributed by atoms with Gasteiger partial charge in [-0.05, 0) is 70.3 Å². The van der Waals surface area contributed by atoms with Crippen LogP contribution in [0.25, 0.3) is 0 Å². The smallest absolute Gasteiger partial charge is 0.200 e. The SMILES string of the molecule is CC(C)[Si](O[C@@H](CP(c1ccccc1)c1ccccc1)[C@H](CP(c1ccccc1)c1ccccc1)O[Si](C(C)C)(C(C)C)C(C)C)(C(C)C)C(C)C. The molecule has 0 saturated heterocycles. The third-order valence-electron chi connectivity index (χ3n) is 11.5. The molecule has 0 bridgehead atoms. The van der Waals surface area contributed by atoms with Crippen molar-refractivity contribution >= 4 is 53.7 Å². The topological polar surface area (TPSA) is 18.5 Å². The fourth-order valence-corrected chi connectivity index (χ4v) is 25.7. The van der Waals surface area contributed by atoms with Gasteiger partial charge in [0.1, 0.15) is 0 Å². The van der Waals surface area contributed by atoms with Crippen molar-refractivity contribution in [3.63, 3.8) is 0 Å². The largest absolute Gasteiger partial charge is 0.410 e. The van der Waals surface area contributed by atoms with Gasteiger partial charge in [0.25, 0.3) is 0 Å². The van der Waals surface area contributed by atoms with Crippen LogP contribution in [0.1, 0.15) is 83.1 Å². The third-order valence-corrected chi connectivity index (χ3v) is 28.9. The summed E-state index contributed by atoms with van der Waals surface area (Å²) >= 11 is 0. The molecule has 2 nitrogen and oxygen atoms in total. The van der Waals surface area contributed by atoms with E-state index >= 15 is 0 Å². The van der Waals surface area contributed by atoms with Crippen LogP contribution in [0.2, 0.25) is 33.2 Å². The van der Waals surface area contributed by atoms with Crippen LogP contribution in [0.5, 0.6) is 0 Å². The van der Waals surface area contributed by atoms with Crippen molar-refractivity contribution in [1.82, 2.24) is 0 Å². The molecule has 0 heterocycles. The Kier molecular flexibility index (Phi) is 16.2. The summed E-state index contributed by atoms with van der Waals surface area (Å²) in [5.41, 5.74) is 2.85. The lowest BCUT2D eigenvalue weighted by molar-refractivity contribution is 0.0577. The predicted octanol–water partition coefficient (Wildman–Crippen LogP) is 12.4. The lowest BCUT2D eigenvalue weighted by Gasteiger charge is -2.50. The monoisotopic (exact) mass is 770 g/mol. The van der Waals surface area contributed by atoms with Crippen LogP contribution in [0.3, 0.4) is 0 Å². The highest BCUT2D eigenvalue weighted by Crippen LogP contribution is 2.50. The van der Waals surface area contributed by atoms with E-state index in [0.717, 1.165) is 12.3 Å². The standard InChI is InChI=1S/C46H68O2P2Si2/c1-35(2)51(36(3)4,37(5)6)47-45(33-49(41-25-17-13-18-26-41)42-27-19-14-20-28-42)46(48-52(38(7)8,39(9)10)40(11)12)34-50(43-29-21-15-22-30-43)44-31-23-16-24-32-44/h13-32,35-40,45-46H,33-34H2,1-12H3/t45-,46-/m0/s1. The molecule has 2 atom stereocenters. The Morgan fingerprint density at radius 1 is 0.346 bits per heavy atom. The molecule has 0 fully saturated rings. The Morgan fingerprint density at radius 2 is 0.538 bits per heavy atom. The van der Waals surface area contributed by atoms with Crippen molar-refractivity contribution in [3.05, 3.63) is 121 Å². The maximum Gasteiger partial charge on any atom is 0.200 e. The highest BCUT2D eigenvalue weighted by atomic mass is 31.1. The number of benzene rings is 4. The van der Waals surface area contributed by atoms with E-state index < -0.39 is 32.5 Å². The average Bonchev–Trinajstić information content (AvgIpc) is 3.12. The van der Waals surface area contributed by atoms with Gasteiger partial charge in [-0.3, -0.25) is 0 Å². The van der Waals surface area contributed by atoms with Gasteiger partial charge in [0.2, 0.25) is 16.6 Å². The van der Waals surface area contributed by atoms with Crippen LogP contribution in [-0.2, 0) is 8.85 Å². The zero-order chi connectivity index (χ0) is 38.1. The molecular formula is C46H68O2P2Si2. The minimum absolute atomic E-state index is 0.0501. The van der Waals surface area contributed by atoms with Gasteiger partial charge in [-0.1, -0.05) is 204 Å². The first-order chi connectivity index (χ1) is 24.7. The highest BCUT2D eigenvalue weighted by Gasteiger charge is 2.52. The van der Waals surface area contributed by atoms with E-state index in [9.17, 15) is 0 Å². The van der Waals surface area contributed by atoms with Crippen molar-refractivity contribution in [2.24, 2.45) is 0 Å². The van der Waals surface area contributed by atoms with Crippen LogP contribution in [0.15, 0.2) is 121 Å². The summed E-state index contributed by atoms with van der Waals surface area (Å²) in [6, 6.07) is 45.1. The van der Waals surface area contributed by atoms with Gasteiger partial charge in [-0.25, -0.2) is 0 Å². The van der Waals surface area contributed by atoms with Gasteiger partial charge < -0.3 is 8.85 Å². The van der Waals surface area contributed by atoms with Crippen LogP contribution in [0, 0.1) is 0 Å². The molecule has 0 unspecified atom stereocenters. The maximum absolute atomic E-state index is 8.18. The molecule has 4 aromatic carbocycles. The Morgan fingerprint density at radius 3 is 0.712 bits per heavy atom. The molecule has 0 amide bonds. The first-order valence-corrected chi connectivity index (χ1v) is 27.2. The van der Waals surface area contributed by atoms with Gasteiger partial charge in [-0.15, -0.1) is 0 Å². The summed E-state index contributed by atoms with van der Waals surface area (Å²) in [6.45, 7) is 29.2.